The monoisotopic (exact) mass is 195 g/mol. The van der Waals surface area contributed by atoms with Gasteiger partial charge in [-0.2, -0.15) is 0 Å². The minimum atomic E-state index is -0.217. The van der Waals surface area contributed by atoms with Gasteiger partial charge in [-0.15, -0.1) is 0 Å². The Kier molecular flexibility index (Phi) is 1.38. The van der Waals surface area contributed by atoms with Gasteiger partial charge in [-0.05, 0) is 30.6 Å². The molecular formula is C11H17NO2. The van der Waals surface area contributed by atoms with E-state index in [1.165, 1.54) is 12.8 Å². The normalized spacial score (nSPS) is 48.3. The maximum absolute atomic E-state index is 11.2. The van der Waals surface area contributed by atoms with Crippen LogP contribution in [0.25, 0.3) is 0 Å². The molecule has 1 N–H and O–H groups in total. The molecule has 4 fully saturated rings. The van der Waals surface area contributed by atoms with E-state index < -0.39 is 0 Å². The van der Waals surface area contributed by atoms with Crippen molar-refractivity contribution in [2.75, 3.05) is 6.54 Å². The Morgan fingerprint density at radius 2 is 2.29 bits per heavy atom. The number of alkyl carbamates (subject to hydrolysis) is 1. The Balaban J connectivity index is 1.91. The van der Waals surface area contributed by atoms with Crippen molar-refractivity contribution in [3.63, 3.8) is 0 Å². The lowest BCUT2D eigenvalue weighted by molar-refractivity contribution is -0.184. The smallest absolute Gasteiger partial charge is 0.407 e. The van der Waals surface area contributed by atoms with E-state index in [1.807, 2.05) is 0 Å². The van der Waals surface area contributed by atoms with Gasteiger partial charge in [0.2, 0.25) is 0 Å². The molecule has 0 aromatic heterocycles. The first kappa shape index (κ1) is 8.57. The summed E-state index contributed by atoms with van der Waals surface area (Å²) in [7, 11) is 0. The number of rotatable bonds is 0. The maximum atomic E-state index is 11.2. The molecule has 1 saturated heterocycles. The Bertz CT molecular complexity index is 298. The van der Waals surface area contributed by atoms with Gasteiger partial charge in [0.25, 0.3) is 0 Å². The molecule has 1 spiro atoms. The number of carbonyl (C=O) groups excluding carboxylic acids is 1. The Labute approximate surface area is 84.2 Å². The highest BCUT2D eigenvalue weighted by molar-refractivity contribution is 5.70. The summed E-state index contributed by atoms with van der Waals surface area (Å²) in [4.78, 5) is 11.2. The third kappa shape index (κ3) is 0.812. The van der Waals surface area contributed by atoms with Crippen LogP contribution in [-0.4, -0.2) is 18.2 Å². The highest BCUT2D eigenvalue weighted by atomic mass is 16.6. The van der Waals surface area contributed by atoms with E-state index in [2.05, 4.69) is 19.2 Å². The summed E-state index contributed by atoms with van der Waals surface area (Å²) in [5.74, 6) is 1.44. The van der Waals surface area contributed by atoms with Gasteiger partial charge in [0.1, 0.15) is 5.60 Å². The van der Waals surface area contributed by atoms with Crippen molar-refractivity contribution in [2.24, 2.45) is 17.3 Å². The number of amides is 1. The average Bonchev–Trinajstić information content (AvgIpc) is 2.47. The molecule has 0 aromatic rings. The van der Waals surface area contributed by atoms with E-state index in [1.54, 1.807) is 0 Å². The van der Waals surface area contributed by atoms with Crippen LogP contribution in [0.5, 0.6) is 0 Å². The zero-order chi connectivity index (χ0) is 9.97. The predicted molar refractivity (Wildman–Crippen MR) is 51.8 cm³/mol. The second-order valence-corrected chi connectivity index (χ2v) is 5.65. The first-order valence-corrected chi connectivity index (χ1v) is 5.51. The van der Waals surface area contributed by atoms with Crippen molar-refractivity contribution in [3.05, 3.63) is 0 Å². The van der Waals surface area contributed by atoms with Crippen LogP contribution in [-0.2, 0) is 4.74 Å². The number of ether oxygens (including phenoxy) is 1. The van der Waals surface area contributed by atoms with Gasteiger partial charge in [0, 0.05) is 5.92 Å². The zero-order valence-corrected chi connectivity index (χ0v) is 8.80. The van der Waals surface area contributed by atoms with E-state index >= 15 is 0 Å². The summed E-state index contributed by atoms with van der Waals surface area (Å²) >= 11 is 0. The molecule has 3 saturated carbocycles. The summed E-state index contributed by atoms with van der Waals surface area (Å²) in [6.07, 6.45) is 3.32. The van der Waals surface area contributed by atoms with Gasteiger partial charge in [0.05, 0.1) is 6.54 Å². The molecule has 0 aromatic carbocycles. The average molecular weight is 195 g/mol. The van der Waals surface area contributed by atoms with Gasteiger partial charge in [0.15, 0.2) is 0 Å². The van der Waals surface area contributed by atoms with Crippen molar-refractivity contribution in [3.8, 4) is 0 Å². The fraction of sp³-hybridized carbons (Fsp3) is 0.909. The summed E-state index contributed by atoms with van der Waals surface area (Å²) in [5, 5.41) is 2.81. The molecule has 0 radical (unpaired) electrons. The first-order chi connectivity index (χ1) is 6.55. The fourth-order valence-electron chi connectivity index (χ4n) is 3.80. The molecule has 3 heteroatoms. The topological polar surface area (TPSA) is 38.3 Å². The number of hydrogen-bond acceptors (Lipinski definition) is 2. The van der Waals surface area contributed by atoms with Crippen LogP contribution in [0.2, 0.25) is 0 Å². The molecule has 1 aliphatic heterocycles. The SMILES string of the molecule is CC1(C)C2CCC3(CNC(=O)O3)C1C2. The number of nitrogens with one attached hydrogen (secondary N) is 1. The molecule has 3 nitrogen and oxygen atoms in total. The third-order valence-corrected chi connectivity index (χ3v) is 4.85. The molecule has 1 heterocycles. The van der Waals surface area contributed by atoms with Crippen LogP contribution >= 0.6 is 0 Å². The molecule has 14 heavy (non-hydrogen) atoms. The van der Waals surface area contributed by atoms with E-state index in [9.17, 15) is 4.79 Å². The zero-order valence-electron chi connectivity index (χ0n) is 8.80. The van der Waals surface area contributed by atoms with Gasteiger partial charge >= 0.3 is 6.09 Å². The number of carbonyl (C=O) groups is 1. The molecule has 78 valence electrons. The van der Waals surface area contributed by atoms with Gasteiger partial charge in [-0.1, -0.05) is 13.8 Å². The van der Waals surface area contributed by atoms with Gasteiger partial charge < -0.3 is 10.1 Å². The van der Waals surface area contributed by atoms with Crippen LogP contribution in [0.1, 0.15) is 33.1 Å². The summed E-state index contributed by atoms with van der Waals surface area (Å²) in [6.45, 7) is 5.37. The van der Waals surface area contributed by atoms with Crippen LogP contribution in [0.4, 0.5) is 4.79 Å². The lowest BCUT2D eigenvalue weighted by Crippen LogP contribution is -2.62. The minimum Gasteiger partial charge on any atom is -0.441 e. The summed E-state index contributed by atoms with van der Waals surface area (Å²) < 4.78 is 5.53. The molecule has 4 rings (SSSR count). The summed E-state index contributed by atoms with van der Waals surface area (Å²) in [5.41, 5.74) is 0.222. The molecule has 4 aliphatic rings. The van der Waals surface area contributed by atoms with E-state index in [0.29, 0.717) is 11.3 Å². The molecule has 3 unspecified atom stereocenters. The molecular weight excluding hydrogens is 178 g/mol. The molecule has 3 atom stereocenters. The second-order valence-electron chi connectivity index (χ2n) is 5.65. The fourth-order valence-corrected chi connectivity index (χ4v) is 3.80. The van der Waals surface area contributed by atoms with Gasteiger partial charge in [-0.25, -0.2) is 4.79 Å². The van der Waals surface area contributed by atoms with E-state index in [0.717, 1.165) is 18.9 Å². The van der Waals surface area contributed by atoms with Gasteiger partial charge in [-0.3, -0.25) is 0 Å². The lowest BCUT2D eigenvalue weighted by atomic mass is 9.44. The Morgan fingerprint density at radius 1 is 1.50 bits per heavy atom. The molecule has 1 amide bonds. The second kappa shape index (κ2) is 2.26. The van der Waals surface area contributed by atoms with Crippen molar-refractivity contribution >= 4 is 6.09 Å². The number of hydrogen-bond donors (Lipinski definition) is 1. The largest absolute Gasteiger partial charge is 0.441 e. The van der Waals surface area contributed by atoms with Crippen LogP contribution < -0.4 is 5.32 Å². The standard InChI is InChI=1S/C11H17NO2/c1-10(2)7-3-4-11(8(10)5-7)6-12-9(13)14-11/h7-8H,3-6H2,1-2H3,(H,12,13). The number of fused-ring (bicyclic) bond motifs is 1. The van der Waals surface area contributed by atoms with Crippen LogP contribution in [0.3, 0.4) is 0 Å². The Morgan fingerprint density at radius 3 is 2.79 bits per heavy atom. The Hall–Kier alpha value is -0.730. The summed E-state index contributed by atoms with van der Waals surface area (Å²) in [6, 6.07) is 0. The quantitative estimate of drug-likeness (QED) is 0.641. The van der Waals surface area contributed by atoms with Crippen LogP contribution in [0.15, 0.2) is 0 Å². The van der Waals surface area contributed by atoms with E-state index in [-0.39, 0.29) is 11.7 Å². The van der Waals surface area contributed by atoms with Crippen molar-refractivity contribution < 1.29 is 9.53 Å². The maximum Gasteiger partial charge on any atom is 0.407 e. The molecule has 3 aliphatic carbocycles. The minimum absolute atomic E-state index is 0.157. The molecule has 2 bridgehead atoms. The highest BCUT2D eigenvalue weighted by Gasteiger charge is 2.64. The van der Waals surface area contributed by atoms with Crippen molar-refractivity contribution in [1.29, 1.82) is 0 Å². The van der Waals surface area contributed by atoms with E-state index in [4.69, 9.17) is 4.74 Å². The highest BCUT2D eigenvalue weighted by Crippen LogP contribution is 2.64. The first-order valence-electron chi connectivity index (χ1n) is 5.51. The van der Waals surface area contributed by atoms with Crippen LogP contribution in [0, 0.1) is 17.3 Å². The third-order valence-electron chi connectivity index (χ3n) is 4.85. The van der Waals surface area contributed by atoms with Crippen molar-refractivity contribution in [1.82, 2.24) is 5.32 Å². The lowest BCUT2D eigenvalue weighted by Gasteiger charge is -2.62. The van der Waals surface area contributed by atoms with Crippen molar-refractivity contribution in [2.45, 2.75) is 38.7 Å². The predicted octanol–water partition coefficient (Wildman–Crippen LogP) is 1.92.